The highest BCUT2D eigenvalue weighted by Gasteiger charge is 2.63. The Balaban J connectivity index is 1.38. The van der Waals surface area contributed by atoms with Crippen LogP contribution in [0, 0.1) is 34.5 Å². The summed E-state index contributed by atoms with van der Waals surface area (Å²) in [6.45, 7) is 7.62. The number of rotatable bonds is 6. The Morgan fingerprint density at radius 2 is 1.77 bits per heavy atom. The SMILES string of the molecule is C[C@]12CC[C@H](OC(=O)[C@@H](N)CCCCN)C[C@@H]1CC[C@@H]1[C@@H]2CC[C@@]2(C)[C@H]1CC[C@]2(C)O. The Hall–Kier alpha value is -0.650. The average molecular weight is 435 g/mol. The topological polar surface area (TPSA) is 98.6 Å². The third kappa shape index (κ3) is 3.97. The molecule has 4 fully saturated rings. The summed E-state index contributed by atoms with van der Waals surface area (Å²) < 4.78 is 5.90. The minimum atomic E-state index is -0.512. The summed E-state index contributed by atoms with van der Waals surface area (Å²) in [6, 6.07) is -0.512. The van der Waals surface area contributed by atoms with Crippen LogP contribution in [0.25, 0.3) is 0 Å². The molecule has 0 radical (unpaired) electrons. The molecule has 31 heavy (non-hydrogen) atoms. The molecular weight excluding hydrogens is 388 g/mol. The predicted molar refractivity (Wildman–Crippen MR) is 123 cm³/mol. The largest absolute Gasteiger partial charge is 0.461 e. The summed E-state index contributed by atoms with van der Waals surface area (Å²) in [7, 11) is 0. The Kier molecular flexibility index (Phi) is 6.53. The van der Waals surface area contributed by atoms with Crippen LogP contribution in [-0.4, -0.2) is 35.4 Å². The van der Waals surface area contributed by atoms with Crippen LogP contribution in [0.5, 0.6) is 0 Å². The second-order valence-corrected chi connectivity index (χ2v) is 12.1. The molecule has 0 aliphatic heterocycles. The van der Waals surface area contributed by atoms with Gasteiger partial charge in [0.1, 0.15) is 12.1 Å². The van der Waals surface area contributed by atoms with Gasteiger partial charge in [0, 0.05) is 0 Å². The van der Waals surface area contributed by atoms with Gasteiger partial charge >= 0.3 is 5.97 Å². The molecule has 5 nitrogen and oxygen atoms in total. The summed E-state index contributed by atoms with van der Waals surface area (Å²) in [4.78, 5) is 12.5. The molecule has 4 saturated carbocycles. The van der Waals surface area contributed by atoms with Crippen LogP contribution in [0.2, 0.25) is 0 Å². The highest BCUT2D eigenvalue weighted by Crippen LogP contribution is 2.68. The van der Waals surface area contributed by atoms with Gasteiger partial charge in [0.2, 0.25) is 0 Å². The number of carbonyl (C=O) groups is 1. The lowest BCUT2D eigenvalue weighted by atomic mass is 9.44. The first-order chi connectivity index (χ1) is 14.6. The third-order valence-corrected chi connectivity index (χ3v) is 10.7. The number of fused-ring (bicyclic) bond motifs is 5. The summed E-state index contributed by atoms with van der Waals surface area (Å²) in [5.41, 5.74) is 11.5. The smallest absolute Gasteiger partial charge is 0.323 e. The second kappa shape index (κ2) is 8.61. The van der Waals surface area contributed by atoms with Gasteiger partial charge in [-0.15, -0.1) is 0 Å². The fourth-order valence-electron chi connectivity index (χ4n) is 8.45. The van der Waals surface area contributed by atoms with Crippen molar-refractivity contribution in [1.29, 1.82) is 0 Å². The number of carbonyl (C=O) groups excluding carboxylic acids is 1. The Bertz CT molecular complexity index is 667. The summed E-state index contributed by atoms with van der Waals surface area (Å²) in [6.07, 6.45) is 12.7. The monoisotopic (exact) mass is 434 g/mol. The molecule has 178 valence electrons. The van der Waals surface area contributed by atoms with Crippen molar-refractivity contribution in [3.05, 3.63) is 0 Å². The van der Waals surface area contributed by atoms with Crippen molar-refractivity contribution in [2.75, 3.05) is 6.54 Å². The van der Waals surface area contributed by atoms with E-state index in [2.05, 4.69) is 20.8 Å². The first-order valence-electron chi connectivity index (χ1n) is 13.0. The third-order valence-electron chi connectivity index (χ3n) is 10.7. The first kappa shape index (κ1) is 23.5. The number of esters is 1. The number of aliphatic hydroxyl groups is 1. The van der Waals surface area contributed by atoms with Gasteiger partial charge < -0.3 is 21.3 Å². The number of hydrogen-bond acceptors (Lipinski definition) is 5. The van der Waals surface area contributed by atoms with Gasteiger partial charge in [-0.05, 0) is 119 Å². The quantitative estimate of drug-likeness (QED) is 0.431. The van der Waals surface area contributed by atoms with Crippen LogP contribution in [0.4, 0.5) is 0 Å². The second-order valence-electron chi connectivity index (χ2n) is 12.1. The minimum Gasteiger partial charge on any atom is -0.461 e. The number of ether oxygens (including phenoxy) is 1. The zero-order valence-electron chi connectivity index (χ0n) is 20.1. The van der Waals surface area contributed by atoms with Crippen molar-refractivity contribution in [2.45, 2.75) is 116 Å². The van der Waals surface area contributed by atoms with Crippen molar-refractivity contribution in [3.8, 4) is 0 Å². The lowest BCUT2D eigenvalue weighted by Crippen LogP contribution is -2.56. The van der Waals surface area contributed by atoms with E-state index in [1.54, 1.807) is 0 Å². The van der Waals surface area contributed by atoms with E-state index in [0.29, 0.717) is 30.2 Å². The lowest BCUT2D eigenvalue weighted by molar-refractivity contribution is -0.169. The molecule has 5 N–H and O–H groups in total. The van der Waals surface area contributed by atoms with Crippen LogP contribution in [0.15, 0.2) is 0 Å². The van der Waals surface area contributed by atoms with E-state index in [-0.39, 0.29) is 17.5 Å². The van der Waals surface area contributed by atoms with E-state index in [1.165, 1.54) is 25.7 Å². The van der Waals surface area contributed by atoms with E-state index >= 15 is 0 Å². The molecule has 0 aromatic rings. The van der Waals surface area contributed by atoms with Gasteiger partial charge in [0.15, 0.2) is 0 Å². The zero-order valence-corrected chi connectivity index (χ0v) is 20.1. The average Bonchev–Trinajstić information content (AvgIpc) is 2.97. The van der Waals surface area contributed by atoms with Crippen LogP contribution in [0.1, 0.15) is 97.8 Å². The van der Waals surface area contributed by atoms with Crippen molar-refractivity contribution in [2.24, 2.45) is 46.0 Å². The number of unbranched alkanes of at least 4 members (excludes halogenated alkanes) is 1. The summed E-state index contributed by atoms with van der Waals surface area (Å²) in [5.74, 6) is 2.60. The molecule has 0 saturated heterocycles. The molecule has 0 unspecified atom stereocenters. The minimum absolute atomic E-state index is 0.0313. The molecule has 5 heteroatoms. The van der Waals surface area contributed by atoms with Gasteiger partial charge in [0.25, 0.3) is 0 Å². The zero-order chi connectivity index (χ0) is 22.4. The maximum absolute atomic E-state index is 12.5. The predicted octanol–water partition coefficient (Wildman–Crippen LogP) is 4.15. The van der Waals surface area contributed by atoms with Crippen LogP contribution < -0.4 is 11.5 Å². The Morgan fingerprint density at radius 1 is 1.03 bits per heavy atom. The number of hydrogen-bond donors (Lipinski definition) is 3. The van der Waals surface area contributed by atoms with Crippen LogP contribution in [-0.2, 0) is 9.53 Å². The molecule has 0 aromatic heterocycles. The molecule has 0 heterocycles. The maximum Gasteiger partial charge on any atom is 0.323 e. The van der Waals surface area contributed by atoms with Crippen LogP contribution >= 0.6 is 0 Å². The van der Waals surface area contributed by atoms with Gasteiger partial charge in [-0.25, -0.2) is 0 Å². The molecule has 4 rings (SSSR count). The van der Waals surface area contributed by atoms with Crippen LogP contribution in [0.3, 0.4) is 0 Å². The highest BCUT2D eigenvalue weighted by atomic mass is 16.5. The van der Waals surface area contributed by atoms with Crippen molar-refractivity contribution in [3.63, 3.8) is 0 Å². The lowest BCUT2D eigenvalue weighted by Gasteiger charge is -2.61. The van der Waals surface area contributed by atoms with Gasteiger partial charge in [0.05, 0.1) is 5.60 Å². The molecule has 9 atom stereocenters. The van der Waals surface area contributed by atoms with E-state index in [1.807, 2.05) is 0 Å². The van der Waals surface area contributed by atoms with Crippen molar-refractivity contribution in [1.82, 2.24) is 0 Å². The van der Waals surface area contributed by atoms with E-state index in [0.717, 1.165) is 56.8 Å². The molecule has 0 spiro atoms. The fourth-order valence-corrected chi connectivity index (χ4v) is 8.45. The van der Waals surface area contributed by atoms with Gasteiger partial charge in [-0.3, -0.25) is 4.79 Å². The Morgan fingerprint density at radius 3 is 2.52 bits per heavy atom. The highest BCUT2D eigenvalue weighted by molar-refractivity contribution is 5.75. The van der Waals surface area contributed by atoms with Crippen molar-refractivity contribution >= 4 is 5.97 Å². The van der Waals surface area contributed by atoms with E-state index in [9.17, 15) is 9.90 Å². The normalized spacial score (nSPS) is 47.7. The van der Waals surface area contributed by atoms with Gasteiger partial charge in [-0.2, -0.15) is 0 Å². The van der Waals surface area contributed by atoms with E-state index in [4.69, 9.17) is 16.2 Å². The first-order valence-corrected chi connectivity index (χ1v) is 13.0. The van der Waals surface area contributed by atoms with Crippen molar-refractivity contribution < 1.29 is 14.6 Å². The molecule has 4 aliphatic carbocycles. The molecule has 0 amide bonds. The number of nitrogens with two attached hydrogens (primary N) is 2. The molecule has 0 bridgehead atoms. The molecular formula is C26H46N2O3. The summed E-state index contributed by atoms with van der Waals surface area (Å²) in [5, 5.41) is 11.1. The molecule has 4 aliphatic rings. The Labute approximate surface area is 189 Å². The standard InChI is InChI=1S/C26H46N2O3/c1-24-12-9-18(31-23(29)22(28)6-4-5-15-27)16-17(24)7-8-19-20(24)10-13-25(2)21(19)11-14-26(25,3)30/h17-22,30H,4-16,27-28H2,1-3H3/t17-,18-,19+,20-,21-,22-,24-,25-,26-/m0/s1. The molecule has 0 aromatic carbocycles. The fraction of sp³-hybridized carbons (Fsp3) is 0.962. The maximum atomic E-state index is 12.5. The summed E-state index contributed by atoms with van der Waals surface area (Å²) >= 11 is 0. The van der Waals surface area contributed by atoms with Gasteiger partial charge in [-0.1, -0.05) is 20.3 Å². The van der Waals surface area contributed by atoms with E-state index < -0.39 is 11.6 Å².